The van der Waals surface area contributed by atoms with Gasteiger partial charge in [0.25, 0.3) is 0 Å². The third kappa shape index (κ3) is 4.01. The van der Waals surface area contributed by atoms with Gasteiger partial charge in [0.05, 0.1) is 26.2 Å². The van der Waals surface area contributed by atoms with Crippen molar-refractivity contribution in [3.63, 3.8) is 0 Å². The molecule has 0 atom stereocenters. The maximum atomic E-state index is 4.94. The molecule has 0 heterocycles. The van der Waals surface area contributed by atoms with Gasteiger partial charge in [-0.2, -0.15) is 0 Å². The van der Waals surface area contributed by atoms with E-state index in [1.807, 2.05) is 6.08 Å². The summed E-state index contributed by atoms with van der Waals surface area (Å²) in [5.41, 5.74) is 0. The van der Waals surface area contributed by atoms with Gasteiger partial charge >= 0.3 is 0 Å². The molecule has 2 heteroatoms. The van der Waals surface area contributed by atoms with Crippen LogP contribution in [0.15, 0.2) is 24.2 Å². The first-order valence-corrected chi connectivity index (χ1v) is 3.05. The highest BCUT2D eigenvalue weighted by atomic mass is 16.5. The molecular weight excluding hydrogens is 128 g/mol. The van der Waals surface area contributed by atoms with E-state index in [9.17, 15) is 0 Å². The van der Waals surface area contributed by atoms with E-state index >= 15 is 0 Å². The zero-order chi connectivity index (χ0) is 7.82. The molecule has 1 radical (unpaired) electrons. The van der Waals surface area contributed by atoms with Crippen molar-refractivity contribution < 1.29 is 9.47 Å². The Morgan fingerprint density at radius 3 is 2.60 bits per heavy atom. The largest absolute Gasteiger partial charge is 0.505 e. The van der Waals surface area contributed by atoms with Crippen molar-refractivity contribution in [3.05, 3.63) is 31.1 Å². The van der Waals surface area contributed by atoms with Gasteiger partial charge in [-0.25, -0.2) is 0 Å². The average Bonchev–Trinajstić information content (AvgIpc) is 1.99. The summed E-state index contributed by atoms with van der Waals surface area (Å²) in [5.74, 6) is 0.841. The smallest absolute Gasteiger partial charge is 0.0954 e. The summed E-state index contributed by atoms with van der Waals surface area (Å²) in [4.78, 5) is 0. The van der Waals surface area contributed by atoms with Crippen molar-refractivity contribution >= 4 is 0 Å². The first-order chi connectivity index (χ1) is 4.85. The minimum atomic E-state index is 0.730. The van der Waals surface area contributed by atoms with Crippen LogP contribution in [0.3, 0.4) is 0 Å². The van der Waals surface area contributed by atoms with E-state index in [-0.39, 0.29) is 0 Å². The van der Waals surface area contributed by atoms with Gasteiger partial charge in [-0.05, 0) is 19.1 Å². The van der Waals surface area contributed by atoms with Crippen LogP contribution >= 0.6 is 0 Å². The lowest BCUT2D eigenvalue weighted by Gasteiger charge is -1.99. The number of allylic oxidation sites excluding steroid dienone is 2. The lowest BCUT2D eigenvalue weighted by atomic mass is 10.3. The molecule has 2 nitrogen and oxygen atoms in total. The van der Waals surface area contributed by atoms with Crippen molar-refractivity contribution in [1.82, 2.24) is 0 Å². The van der Waals surface area contributed by atoms with Gasteiger partial charge in [0.15, 0.2) is 0 Å². The molecule has 10 heavy (non-hydrogen) atoms. The molecule has 0 amide bonds. The van der Waals surface area contributed by atoms with E-state index in [1.165, 1.54) is 0 Å². The maximum Gasteiger partial charge on any atom is 0.0954 e. The normalized spacial score (nSPS) is 12.1. The van der Waals surface area contributed by atoms with Crippen LogP contribution in [0.2, 0.25) is 0 Å². The van der Waals surface area contributed by atoms with E-state index in [2.05, 4.69) is 6.92 Å². The molecule has 0 aliphatic heterocycles. The van der Waals surface area contributed by atoms with Crippen molar-refractivity contribution in [2.24, 2.45) is 0 Å². The Morgan fingerprint density at radius 1 is 1.50 bits per heavy atom. The van der Waals surface area contributed by atoms with Crippen molar-refractivity contribution in [3.8, 4) is 0 Å². The maximum absolute atomic E-state index is 4.94. The highest BCUT2D eigenvalue weighted by Crippen LogP contribution is 2.01. The number of hydrogen-bond donors (Lipinski definition) is 0. The molecule has 0 bridgehead atoms. The third-order valence-electron chi connectivity index (χ3n) is 1.04. The predicted molar refractivity (Wildman–Crippen MR) is 41.2 cm³/mol. The zero-order valence-electron chi connectivity index (χ0n) is 6.46. The second-order valence-corrected chi connectivity index (χ2v) is 1.69. The minimum absolute atomic E-state index is 0.730. The summed E-state index contributed by atoms with van der Waals surface area (Å²) in [7, 11) is 3.23. The van der Waals surface area contributed by atoms with E-state index in [1.54, 1.807) is 26.6 Å². The summed E-state index contributed by atoms with van der Waals surface area (Å²) >= 11 is 0. The number of methoxy groups -OCH3 is 2. The highest BCUT2D eigenvalue weighted by molar-refractivity contribution is 5.00. The van der Waals surface area contributed by atoms with Crippen LogP contribution in [0.25, 0.3) is 0 Å². The predicted octanol–water partition coefficient (Wildman–Crippen LogP) is 1.90. The van der Waals surface area contributed by atoms with Gasteiger partial charge < -0.3 is 9.47 Å². The van der Waals surface area contributed by atoms with Gasteiger partial charge in [-0.15, -0.1) is 0 Å². The quantitative estimate of drug-likeness (QED) is 0.557. The van der Waals surface area contributed by atoms with Gasteiger partial charge in [0.1, 0.15) is 0 Å². The number of hydrogen-bond acceptors (Lipinski definition) is 2. The standard InChI is InChI=1S/C8H13O2/c1-4-8(10-3)6-5-7-9-2/h4-5,7H,1,6H2,2-3H3. The summed E-state index contributed by atoms with van der Waals surface area (Å²) < 4.78 is 9.64. The molecular formula is C8H13O2. The highest BCUT2D eigenvalue weighted by Gasteiger charge is 1.87. The Balaban J connectivity index is 3.55. The lowest BCUT2D eigenvalue weighted by molar-refractivity contribution is 0.282. The van der Waals surface area contributed by atoms with Crippen molar-refractivity contribution in [2.75, 3.05) is 14.2 Å². The lowest BCUT2D eigenvalue weighted by Crippen LogP contribution is -1.82. The monoisotopic (exact) mass is 141 g/mol. The van der Waals surface area contributed by atoms with E-state index in [0.717, 1.165) is 12.2 Å². The first kappa shape index (κ1) is 9.08. The number of rotatable bonds is 4. The minimum Gasteiger partial charge on any atom is -0.505 e. The van der Waals surface area contributed by atoms with Crippen molar-refractivity contribution in [1.29, 1.82) is 0 Å². The molecule has 57 valence electrons. The molecule has 0 aromatic rings. The number of ether oxygens (including phenoxy) is 2. The Bertz CT molecular complexity index is 125. The fourth-order valence-corrected chi connectivity index (χ4v) is 0.510. The van der Waals surface area contributed by atoms with Crippen molar-refractivity contribution in [2.45, 2.75) is 6.42 Å². The van der Waals surface area contributed by atoms with Crippen LogP contribution in [-0.2, 0) is 9.47 Å². The molecule has 0 aliphatic carbocycles. The van der Waals surface area contributed by atoms with Gasteiger partial charge in [-0.1, -0.05) is 0 Å². The zero-order valence-corrected chi connectivity index (χ0v) is 6.46. The Hall–Kier alpha value is -0.920. The molecule has 0 aliphatic rings. The molecule has 0 aromatic carbocycles. The molecule has 0 fully saturated rings. The van der Waals surface area contributed by atoms with Crippen LogP contribution in [0.5, 0.6) is 0 Å². The fraction of sp³-hybridized carbons (Fsp3) is 0.375. The van der Waals surface area contributed by atoms with E-state index in [4.69, 9.17) is 9.47 Å². The molecule has 0 N–H and O–H groups in total. The van der Waals surface area contributed by atoms with Gasteiger partial charge in [-0.3, -0.25) is 0 Å². The molecule has 0 spiro atoms. The topological polar surface area (TPSA) is 18.5 Å². The van der Waals surface area contributed by atoms with Gasteiger partial charge in [0.2, 0.25) is 0 Å². The summed E-state index contributed by atoms with van der Waals surface area (Å²) in [6, 6.07) is 0. The van der Waals surface area contributed by atoms with E-state index < -0.39 is 0 Å². The Morgan fingerprint density at radius 2 is 2.20 bits per heavy atom. The van der Waals surface area contributed by atoms with Gasteiger partial charge in [0, 0.05) is 6.42 Å². The average molecular weight is 141 g/mol. The fourth-order valence-electron chi connectivity index (χ4n) is 0.510. The second kappa shape index (κ2) is 6.20. The first-order valence-electron chi connectivity index (χ1n) is 3.05. The van der Waals surface area contributed by atoms with E-state index in [0.29, 0.717) is 0 Å². The molecule has 0 rings (SSSR count). The molecule has 0 saturated heterocycles. The van der Waals surface area contributed by atoms with Crippen LogP contribution < -0.4 is 0 Å². The second-order valence-electron chi connectivity index (χ2n) is 1.69. The Kier molecular flexibility index (Phi) is 5.63. The summed E-state index contributed by atoms with van der Waals surface area (Å²) in [6.07, 6.45) is 5.89. The van der Waals surface area contributed by atoms with Crippen LogP contribution in [0.1, 0.15) is 6.42 Å². The molecule has 0 saturated carbocycles. The Labute approximate surface area is 62.1 Å². The van der Waals surface area contributed by atoms with Crippen LogP contribution in [0.4, 0.5) is 0 Å². The summed E-state index contributed by atoms with van der Waals surface area (Å²) in [6.45, 7) is 3.57. The molecule has 0 aromatic heterocycles. The SMILES string of the molecule is [CH2]C=C(CC=COC)OC. The third-order valence-corrected chi connectivity index (χ3v) is 1.04. The summed E-state index contributed by atoms with van der Waals surface area (Å²) in [5, 5.41) is 0. The molecule has 0 unspecified atom stereocenters. The van der Waals surface area contributed by atoms with Crippen LogP contribution in [0, 0.1) is 6.92 Å². The van der Waals surface area contributed by atoms with Crippen LogP contribution in [-0.4, -0.2) is 14.2 Å².